The van der Waals surface area contributed by atoms with Crippen LogP contribution < -0.4 is 14.8 Å². The Kier molecular flexibility index (Phi) is 12.3. The molecule has 5 aromatic carbocycles. The Bertz CT molecular complexity index is 1560. The van der Waals surface area contributed by atoms with Crippen LogP contribution in [0.4, 0.5) is 11.4 Å². The second-order valence-electron chi connectivity index (χ2n) is 8.52. The molecule has 5 nitrogen and oxygen atoms in total. The number of benzene rings is 5. The number of ether oxygens (including phenoxy) is 2. The molecular weight excluding hydrogens is 540 g/mol. The highest BCUT2D eigenvalue weighted by molar-refractivity contribution is 8.14. The Hall–Kier alpha value is -5.33. The van der Waals surface area contributed by atoms with Crippen molar-refractivity contribution in [3.05, 3.63) is 176 Å². The van der Waals surface area contributed by atoms with Gasteiger partial charge in [0.25, 0.3) is 5.91 Å². The molecular formula is C36H30N2O3S. The summed E-state index contributed by atoms with van der Waals surface area (Å²) < 4.78 is 10.9. The summed E-state index contributed by atoms with van der Waals surface area (Å²) in [6.45, 7) is 0. The standard InChI is InChI=1S/C21H17NOS.C15H13NO2/c1-4-10-18(11-5-1)22-21(24-20-14-8-3-9-15-20)16-17-23-19-12-6-2-7-13-19;17-15(16-13-7-3-1-4-8-13)11-12-18-14-9-5-2-6-10-14/h1-17H;1-12H,(H,16,17). The van der Waals surface area contributed by atoms with Crippen LogP contribution >= 0.6 is 11.8 Å². The Labute approximate surface area is 250 Å². The molecule has 0 saturated carbocycles. The summed E-state index contributed by atoms with van der Waals surface area (Å²) in [5.41, 5.74) is 1.67. The normalized spacial score (nSPS) is 11.0. The monoisotopic (exact) mass is 570 g/mol. The maximum atomic E-state index is 11.5. The molecule has 0 bridgehead atoms. The number of hydrogen-bond acceptors (Lipinski definition) is 5. The molecule has 0 saturated heterocycles. The van der Waals surface area contributed by atoms with Crippen LogP contribution in [-0.4, -0.2) is 11.0 Å². The van der Waals surface area contributed by atoms with E-state index in [-0.39, 0.29) is 5.91 Å². The zero-order valence-corrected chi connectivity index (χ0v) is 23.6. The lowest BCUT2D eigenvalue weighted by Crippen LogP contribution is -2.07. The third kappa shape index (κ3) is 11.4. The maximum absolute atomic E-state index is 11.5. The second kappa shape index (κ2) is 17.4. The van der Waals surface area contributed by atoms with Crippen molar-refractivity contribution in [2.24, 2.45) is 4.99 Å². The predicted octanol–water partition coefficient (Wildman–Crippen LogP) is 9.32. The largest absolute Gasteiger partial charge is 0.465 e. The number of thioether (sulfide) groups is 1. The summed E-state index contributed by atoms with van der Waals surface area (Å²) in [6, 6.07) is 48.3. The summed E-state index contributed by atoms with van der Waals surface area (Å²) >= 11 is 1.60. The smallest absolute Gasteiger partial charge is 0.251 e. The number of para-hydroxylation sites is 4. The van der Waals surface area contributed by atoms with Gasteiger partial charge in [0.05, 0.1) is 18.2 Å². The van der Waals surface area contributed by atoms with Gasteiger partial charge in [-0.05, 0) is 60.7 Å². The van der Waals surface area contributed by atoms with E-state index >= 15 is 0 Å². The van der Waals surface area contributed by atoms with Crippen molar-refractivity contribution in [3.8, 4) is 11.5 Å². The average molecular weight is 571 g/mol. The molecule has 5 rings (SSSR count). The van der Waals surface area contributed by atoms with E-state index < -0.39 is 0 Å². The minimum atomic E-state index is -0.225. The third-order valence-electron chi connectivity index (χ3n) is 5.33. The Morgan fingerprint density at radius 1 is 0.571 bits per heavy atom. The van der Waals surface area contributed by atoms with Gasteiger partial charge in [-0.2, -0.15) is 0 Å². The van der Waals surface area contributed by atoms with E-state index in [1.165, 1.54) is 12.3 Å². The minimum Gasteiger partial charge on any atom is -0.465 e. The Balaban J connectivity index is 0.000000201. The number of rotatable bonds is 9. The van der Waals surface area contributed by atoms with Crippen molar-refractivity contribution in [2.45, 2.75) is 4.90 Å². The molecule has 0 spiro atoms. The summed E-state index contributed by atoms with van der Waals surface area (Å²) in [5.74, 6) is 1.27. The molecule has 0 aliphatic rings. The zero-order chi connectivity index (χ0) is 29.1. The van der Waals surface area contributed by atoms with E-state index in [1.54, 1.807) is 18.0 Å². The van der Waals surface area contributed by atoms with E-state index in [1.807, 2.05) is 146 Å². The van der Waals surface area contributed by atoms with Crippen LogP contribution in [-0.2, 0) is 4.79 Å². The van der Waals surface area contributed by atoms with Crippen LogP contribution in [0.5, 0.6) is 11.5 Å². The van der Waals surface area contributed by atoms with Crippen LogP contribution in [0.25, 0.3) is 0 Å². The molecule has 0 atom stereocenters. The van der Waals surface area contributed by atoms with E-state index in [0.29, 0.717) is 5.75 Å². The number of anilines is 1. The summed E-state index contributed by atoms with van der Waals surface area (Å²) in [4.78, 5) is 17.4. The van der Waals surface area contributed by atoms with E-state index in [9.17, 15) is 4.79 Å². The first-order valence-electron chi connectivity index (χ1n) is 13.2. The average Bonchev–Trinajstić information content (AvgIpc) is 3.04. The summed E-state index contributed by atoms with van der Waals surface area (Å²) in [6.07, 6.45) is 6.28. The van der Waals surface area contributed by atoms with Gasteiger partial charge in [0.2, 0.25) is 0 Å². The van der Waals surface area contributed by atoms with Gasteiger partial charge in [0, 0.05) is 22.7 Å². The molecule has 6 heteroatoms. The van der Waals surface area contributed by atoms with Crippen molar-refractivity contribution in [1.82, 2.24) is 0 Å². The number of carbonyl (C=O) groups excluding carboxylic acids is 1. The SMILES string of the molecule is C(=CC(=Nc1ccccc1)Sc1ccccc1)Oc1ccccc1.O=C(C=COc1ccccc1)Nc1ccccc1. The molecule has 1 amide bonds. The van der Waals surface area contributed by atoms with Gasteiger partial charge in [0.1, 0.15) is 16.5 Å². The van der Waals surface area contributed by atoms with Crippen molar-refractivity contribution >= 4 is 34.1 Å². The van der Waals surface area contributed by atoms with Gasteiger partial charge >= 0.3 is 0 Å². The highest BCUT2D eigenvalue weighted by atomic mass is 32.2. The highest BCUT2D eigenvalue weighted by Gasteiger charge is 2.01. The number of nitrogens with zero attached hydrogens (tertiary/aromatic N) is 1. The molecule has 0 radical (unpaired) electrons. The quantitative estimate of drug-likeness (QED) is 0.0631. The van der Waals surface area contributed by atoms with Crippen molar-refractivity contribution < 1.29 is 14.3 Å². The highest BCUT2D eigenvalue weighted by Crippen LogP contribution is 2.23. The lowest BCUT2D eigenvalue weighted by molar-refractivity contribution is -0.112. The van der Waals surface area contributed by atoms with Crippen LogP contribution in [0.3, 0.4) is 0 Å². The third-order valence-corrected chi connectivity index (χ3v) is 6.27. The summed E-state index contributed by atoms with van der Waals surface area (Å²) in [5, 5.41) is 3.59. The lowest BCUT2D eigenvalue weighted by Gasteiger charge is -2.03. The molecule has 5 aromatic rings. The topological polar surface area (TPSA) is 59.9 Å². The van der Waals surface area contributed by atoms with Crippen LogP contribution in [0.1, 0.15) is 0 Å². The van der Waals surface area contributed by atoms with Crippen molar-refractivity contribution in [2.75, 3.05) is 5.32 Å². The van der Waals surface area contributed by atoms with E-state index in [4.69, 9.17) is 14.5 Å². The number of nitrogens with one attached hydrogen (secondary N) is 1. The predicted molar refractivity (Wildman–Crippen MR) is 173 cm³/mol. The van der Waals surface area contributed by atoms with Crippen molar-refractivity contribution in [1.29, 1.82) is 0 Å². The fraction of sp³-hybridized carbons (Fsp3) is 0. The second-order valence-corrected chi connectivity index (χ2v) is 9.62. The zero-order valence-electron chi connectivity index (χ0n) is 22.8. The van der Waals surface area contributed by atoms with Gasteiger partial charge in [0.15, 0.2) is 0 Å². The number of aliphatic imine (C=N–C) groups is 1. The van der Waals surface area contributed by atoms with Crippen LogP contribution in [0.2, 0.25) is 0 Å². The fourth-order valence-electron chi connectivity index (χ4n) is 3.38. The molecule has 0 aliphatic heterocycles. The van der Waals surface area contributed by atoms with Gasteiger partial charge in [-0.25, -0.2) is 4.99 Å². The molecule has 0 fully saturated rings. The number of hydrogen-bond donors (Lipinski definition) is 1. The number of amides is 1. The molecule has 0 heterocycles. The van der Waals surface area contributed by atoms with Gasteiger partial charge < -0.3 is 14.8 Å². The molecule has 42 heavy (non-hydrogen) atoms. The molecule has 0 aliphatic carbocycles. The van der Waals surface area contributed by atoms with E-state index in [0.717, 1.165) is 27.1 Å². The van der Waals surface area contributed by atoms with Gasteiger partial charge in [-0.15, -0.1) is 0 Å². The van der Waals surface area contributed by atoms with E-state index in [2.05, 4.69) is 17.4 Å². The minimum absolute atomic E-state index is 0.225. The molecule has 1 N–H and O–H groups in total. The van der Waals surface area contributed by atoms with Crippen LogP contribution in [0, 0.1) is 0 Å². The first-order chi connectivity index (χ1) is 20.7. The molecule has 208 valence electrons. The van der Waals surface area contributed by atoms with Gasteiger partial charge in [-0.3, -0.25) is 4.79 Å². The summed E-state index contributed by atoms with van der Waals surface area (Å²) in [7, 11) is 0. The van der Waals surface area contributed by atoms with Crippen LogP contribution in [0.15, 0.2) is 186 Å². The molecule has 0 unspecified atom stereocenters. The van der Waals surface area contributed by atoms with Crippen molar-refractivity contribution in [3.63, 3.8) is 0 Å². The fourth-order valence-corrected chi connectivity index (χ4v) is 4.19. The first kappa shape index (κ1) is 29.6. The number of carbonyl (C=O) groups is 1. The Morgan fingerprint density at radius 3 is 1.57 bits per heavy atom. The lowest BCUT2D eigenvalue weighted by atomic mass is 10.3. The maximum Gasteiger partial charge on any atom is 0.251 e. The first-order valence-corrected chi connectivity index (χ1v) is 14.1. The Morgan fingerprint density at radius 2 is 1.02 bits per heavy atom. The molecule has 0 aromatic heterocycles. The van der Waals surface area contributed by atoms with Gasteiger partial charge in [-0.1, -0.05) is 103 Å².